The molecule has 0 aliphatic carbocycles. The van der Waals surface area contributed by atoms with Crippen molar-refractivity contribution in [3.8, 4) is 0 Å². The van der Waals surface area contributed by atoms with Gasteiger partial charge >= 0.3 is 5.97 Å². The van der Waals surface area contributed by atoms with Crippen molar-refractivity contribution in [2.24, 2.45) is 0 Å². The van der Waals surface area contributed by atoms with Crippen LogP contribution < -0.4 is 4.90 Å². The average Bonchev–Trinajstić information content (AvgIpc) is 2.46. The first-order valence-corrected chi connectivity index (χ1v) is 4.79. The van der Waals surface area contributed by atoms with Crippen molar-refractivity contribution in [2.45, 2.75) is 13.8 Å². The van der Waals surface area contributed by atoms with Gasteiger partial charge < -0.3 is 10.0 Å². The van der Waals surface area contributed by atoms with Gasteiger partial charge in [0.2, 0.25) is 0 Å². The average molecular weight is 200 g/mol. The fourth-order valence-electron chi connectivity index (χ4n) is 0.879. The quantitative estimate of drug-likeness (QED) is 0.805. The van der Waals surface area contributed by atoms with Crippen LogP contribution in [0.2, 0.25) is 0 Å². The van der Waals surface area contributed by atoms with Crippen LogP contribution in [0.15, 0.2) is 0 Å². The van der Waals surface area contributed by atoms with E-state index in [1.807, 2.05) is 18.9 Å². The van der Waals surface area contributed by atoms with Crippen molar-refractivity contribution in [1.82, 2.24) is 4.98 Å². The Balaban J connectivity index is 3.01. The Morgan fingerprint density at radius 1 is 1.69 bits per heavy atom. The third kappa shape index (κ3) is 1.98. The summed E-state index contributed by atoms with van der Waals surface area (Å²) in [4.78, 5) is 17.1. The molecule has 0 bridgehead atoms. The summed E-state index contributed by atoms with van der Waals surface area (Å²) in [7, 11) is 1.89. The first-order valence-electron chi connectivity index (χ1n) is 3.98. The largest absolute Gasteiger partial charge is 0.477 e. The van der Waals surface area contributed by atoms with Crippen LogP contribution in [0.25, 0.3) is 0 Å². The van der Waals surface area contributed by atoms with Gasteiger partial charge in [0.05, 0.1) is 5.69 Å². The molecule has 0 radical (unpaired) electrons. The van der Waals surface area contributed by atoms with Crippen molar-refractivity contribution in [2.75, 3.05) is 18.5 Å². The molecular weight excluding hydrogens is 188 g/mol. The van der Waals surface area contributed by atoms with Crippen molar-refractivity contribution in [3.63, 3.8) is 0 Å². The monoisotopic (exact) mass is 200 g/mol. The molecule has 72 valence electrons. The maximum Gasteiger partial charge on any atom is 0.347 e. The number of rotatable bonds is 3. The first-order chi connectivity index (χ1) is 6.06. The Labute approximate surface area is 80.8 Å². The zero-order valence-electron chi connectivity index (χ0n) is 7.87. The Bertz CT molecular complexity index is 322. The summed E-state index contributed by atoms with van der Waals surface area (Å²) in [6.45, 7) is 4.54. The van der Waals surface area contributed by atoms with Crippen molar-refractivity contribution in [1.29, 1.82) is 0 Å². The number of aromatic nitrogens is 1. The normalized spacial score (nSPS) is 10.1. The molecular formula is C8H12N2O2S. The van der Waals surface area contributed by atoms with Gasteiger partial charge in [0, 0.05) is 13.6 Å². The van der Waals surface area contributed by atoms with Gasteiger partial charge in [-0.3, -0.25) is 0 Å². The second-order valence-corrected chi connectivity index (χ2v) is 3.71. The van der Waals surface area contributed by atoms with Crippen LogP contribution in [0.5, 0.6) is 0 Å². The SMILES string of the molecule is CCN(C)c1nc(C)c(C(=O)O)s1. The van der Waals surface area contributed by atoms with E-state index in [9.17, 15) is 4.79 Å². The van der Waals surface area contributed by atoms with E-state index in [0.29, 0.717) is 10.6 Å². The standard InChI is InChI=1S/C8H12N2O2S/c1-4-10(3)8-9-5(2)6(13-8)7(11)12/h4H2,1-3H3,(H,11,12). The molecule has 0 atom stereocenters. The van der Waals surface area contributed by atoms with E-state index in [4.69, 9.17) is 5.11 Å². The molecule has 0 saturated carbocycles. The van der Waals surface area contributed by atoms with Crippen LogP contribution in [-0.2, 0) is 0 Å². The van der Waals surface area contributed by atoms with Gasteiger partial charge in [-0.25, -0.2) is 9.78 Å². The third-order valence-corrected chi connectivity index (χ3v) is 3.04. The third-order valence-electron chi connectivity index (χ3n) is 1.78. The fraction of sp³-hybridized carbons (Fsp3) is 0.500. The summed E-state index contributed by atoms with van der Waals surface area (Å²) in [5.41, 5.74) is 0.591. The Morgan fingerprint density at radius 3 is 2.69 bits per heavy atom. The number of hydrogen-bond acceptors (Lipinski definition) is 4. The molecule has 0 unspecified atom stereocenters. The first kappa shape index (κ1) is 9.98. The number of thiazole rings is 1. The summed E-state index contributed by atoms with van der Waals surface area (Å²) < 4.78 is 0. The highest BCUT2D eigenvalue weighted by molar-refractivity contribution is 7.17. The molecule has 1 rings (SSSR count). The smallest absolute Gasteiger partial charge is 0.347 e. The van der Waals surface area contributed by atoms with Crippen LogP contribution in [-0.4, -0.2) is 29.7 Å². The molecule has 0 aromatic carbocycles. The number of carbonyl (C=O) groups is 1. The minimum absolute atomic E-state index is 0.329. The van der Waals surface area contributed by atoms with Gasteiger partial charge in [0.15, 0.2) is 5.13 Å². The zero-order chi connectivity index (χ0) is 10.0. The summed E-state index contributed by atoms with van der Waals surface area (Å²) in [5.74, 6) is -0.897. The molecule has 0 aliphatic rings. The molecule has 1 heterocycles. The summed E-state index contributed by atoms with van der Waals surface area (Å²) in [6.07, 6.45) is 0. The van der Waals surface area contributed by atoms with Crippen LogP contribution in [0.3, 0.4) is 0 Å². The molecule has 0 saturated heterocycles. The molecule has 1 N–H and O–H groups in total. The van der Waals surface area contributed by atoms with Gasteiger partial charge in [0.25, 0.3) is 0 Å². The number of anilines is 1. The van der Waals surface area contributed by atoms with Crippen molar-refractivity contribution in [3.05, 3.63) is 10.6 Å². The molecule has 13 heavy (non-hydrogen) atoms. The minimum Gasteiger partial charge on any atom is -0.477 e. The van der Waals surface area contributed by atoms with Crippen molar-refractivity contribution >= 4 is 22.4 Å². The molecule has 1 aromatic heterocycles. The number of aryl methyl sites for hydroxylation is 1. The molecule has 0 amide bonds. The van der Waals surface area contributed by atoms with Crippen LogP contribution in [0.1, 0.15) is 22.3 Å². The van der Waals surface area contributed by atoms with E-state index in [2.05, 4.69) is 4.98 Å². The highest BCUT2D eigenvalue weighted by Gasteiger charge is 2.15. The number of nitrogens with zero attached hydrogens (tertiary/aromatic N) is 2. The molecule has 0 aliphatic heterocycles. The predicted octanol–water partition coefficient (Wildman–Crippen LogP) is 1.61. The van der Waals surface area contributed by atoms with Crippen molar-refractivity contribution < 1.29 is 9.90 Å². The second-order valence-electron chi connectivity index (χ2n) is 2.73. The van der Waals surface area contributed by atoms with Crippen LogP contribution >= 0.6 is 11.3 Å². The summed E-state index contributed by atoms with van der Waals surface area (Å²) in [6, 6.07) is 0. The second kappa shape index (κ2) is 3.74. The van der Waals surface area contributed by atoms with E-state index in [0.717, 1.165) is 11.7 Å². The number of hydrogen-bond donors (Lipinski definition) is 1. The van der Waals surface area contributed by atoms with E-state index >= 15 is 0 Å². The lowest BCUT2D eigenvalue weighted by Gasteiger charge is -2.10. The van der Waals surface area contributed by atoms with Gasteiger partial charge in [-0.05, 0) is 13.8 Å². The minimum atomic E-state index is -0.897. The number of carboxylic acid groups (broad SMARTS) is 1. The Kier molecular flexibility index (Phi) is 2.87. The maximum absolute atomic E-state index is 10.7. The Hall–Kier alpha value is -1.10. The molecule has 5 heteroatoms. The molecule has 0 fully saturated rings. The molecule has 0 spiro atoms. The highest BCUT2D eigenvalue weighted by Crippen LogP contribution is 2.24. The summed E-state index contributed by atoms with van der Waals surface area (Å²) >= 11 is 1.22. The lowest BCUT2D eigenvalue weighted by atomic mass is 10.4. The lowest BCUT2D eigenvalue weighted by molar-refractivity contribution is 0.0701. The highest BCUT2D eigenvalue weighted by atomic mass is 32.1. The Morgan fingerprint density at radius 2 is 2.31 bits per heavy atom. The van der Waals surface area contributed by atoms with E-state index in [1.54, 1.807) is 6.92 Å². The van der Waals surface area contributed by atoms with Gasteiger partial charge in [-0.2, -0.15) is 0 Å². The zero-order valence-corrected chi connectivity index (χ0v) is 8.68. The topological polar surface area (TPSA) is 53.4 Å². The van der Waals surface area contributed by atoms with Gasteiger partial charge in [-0.1, -0.05) is 11.3 Å². The van der Waals surface area contributed by atoms with Gasteiger partial charge in [-0.15, -0.1) is 0 Å². The number of carboxylic acids is 1. The van der Waals surface area contributed by atoms with Crippen LogP contribution in [0.4, 0.5) is 5.13 Å². The lowest BCUT2D eigenvalue weighted by Crippen LogP contribution is -2.15. The maximum atomic E-state index is 10.7. The van der Waals surface area contributed by atoms with E-state index < -0.39 is 5.97 Å². The molecule has 1 aromatic rings. The molecule has 4 nitrogen and oxygen atoms in total. The van der Waals surface area contributed by atoms with E-state index in [-0.39, 0.29) is 0 Å². The summed E-state index contributed by atoms with van der Waals surface area (Å²) in [5, 5.41) is 9.55. The van der Waals surface area contributed by atoms with Gasteiger partial charge in [0.1, 0.15) is 4.88 Å². The van der Waals surface area contributed by atoms with Crippen LogP contribution in [0, 0.1) is 6.92 Å². The number of aromatic carboxylic acids is 1. The fourth-order valence-corrected chi connectivity index (χ4v) is 1.81. The van der Waals surface area contributed by atoms with E-state index in [1.165, 1.54) is 11.3 Å². The predicted molar refractivity (Wildman–Crippen MR) is 52.8 cm³/mol.